The molecule has 92 valence electrons. The number of ether oxygens (including phenoxy) is 1. The molecular weight excluding hydrogens is 254 g/mol. The summed E-state index contributed by atoms with van der Waals surface area (Å²) in [5, 5.41) is 9.10. The average molecular weight is 264 g/mol. The fourth-order valence-electron chi connectivity index (χ4n) is 1.50. The number of para-hydroxylation sites is 1. The Hall–Kier alpha value is -2.20. The first-order chi connectivity index (χ1) is 8.59. The van der Waals surface area contributed by atoms with Gasteiger partial charge in [-0.05, 0) is 24.3 Å². The minimum Gasteiger partial charge on any atom is -0.478 e. The van der Waals surface area contributed by atoms with Crippen LogP contribution in [0.4, 0.5) is 5.69 Å². The van der Waals surface area contributed by atoms with Crippen LogP contribution in [-0.4, -0.2) is 11.1 Å². The molecule has 5 heteroatoms. The molecule has 2 rings (SSSR count). The fourth-order valence-corrected chi connectivity index (χ4v) is 1.74. The van der Waals surface area contributed by atoms with Gasteiger partial charge in [-0.1, -0.05) is 29.8 Å². The standard InChI is InChI=1S/C13H10ClNO3/c14-9-6-7-10(12(15)11(9)13(16)17)18-8-4-2-1-3-5-8/h1-7H,15H2,(H,16,17). The smallest absolute Gasteiger partial charge is 0.339 e. The lowest BCUT2D eigenvalue weighted by Gasteiger charge is -2.11. The van der Waals surface area contributed by atoms with Crippen molar-refractivity contribution in [1.82, 2.24) is 0 Å². The molecule has 2 aromatic rings. The van der Waals surface area contributed by atoms with E-state index in [9.17, 15) is 4.79 Å². The number of benzene rings is 2. The van der Waals surface area contributed by atoms with Gasteiger partial charge in [0.05, 0.1) is 10.7 Å². The first-order valence-electron chi connectivity index (χ1n) is 5.14. The van der Waals surface area contributed by atoms with Crippen LogP contribution in [-0.2, 0) is 0 Å². The van der Waals surface area contributed by atoms with Crippen molar-refractivity contribution in [3.8, 4) is 11.5 Å². The lowest BCUT2D eigenvalue weighted by molar-refractivity contribution is 0.0698. The molecule has 0 atom stereocenters. The van der Waals surface area contributed by atoms with Crippen LogP contribution < -0.4 is 10.5 Å². The van der Waals surface area contributed by atoms with Crippen molar-refractivity contribution >= 4 is 23.3 Å². The SMILES string of the molecule is Nc1c(Oc2ccccc2)ccc(Cl)c1C(=O)O. The third-order valence-electron chi connectivity index (χ3n) is 2.34. The van der Waals surface area contributed by atoms with Crippen molar-refractivity contribution in [2.45, 2.75) is 0 Å². The Morgan fingerprint density at radius 2 is 1.83 bits per heavy atom. The Balaban J connectivity index is 2.41. The largest absolute Gasteiger partial charge is 0.478 e. The highest BCUT2D eigenvalue weighted by atomic mass is 35.5. The number of carboxylic acids is 1. The summed E-state index contributed by atoms with van der Waals surface area (Å²) in [5.41, 5.74) is 5.61. The summed E-state index contributed by atoms with van der Waals surface area (Å²) >= 11 is 5.78. The van der Waals surface area contributed by atoms with Gasteiger partial charge >= 0.3 is 5.97 Å². The Labute approximate surface area is 109 Å². The zero-order valence-electron chi connectivity index (χ0n) is 9.26. The highest BCUT2D eigenvalue weighted by Gasteiger charge is 2.17. The van der Waals surface area contributed by atoms with Crippen molar-refractivity contribution < 1.29 is 14.6 Å². The summed E-state index contributed by atoms with van der Waals surface area (Å²) in [4.78, 5) is 11.0. The molecule has 0 aromatic heterocycles. The van der Waals surface area contributed by atoms with Crippen molar-refractivity contribution in [3.05, 3.63) is 53.1 Å². The van der Waals surface area contributed by atoms with Crippen LogP contribution in [0, 0.1) is 0 Å². The summed E-state index contributed by atoms with van der Waals surface area (Å²) in [6, 6.07) is 11.9. The van der Waals surface area contributed by atoms with Crippen molar-refractivity contribution in [2.75, 3.05) is 5.73 Å². The molecule has 0 aliphatic heterocycles. The Kier molecular flexibility index (Phi) is 3.39. The summed E-state index contributed by atoms with van der Waals surface area (Å²) in [6.07, 6.45) is 0. The van der Waals surface area contributed by atoms with E-state index in [2.05, 4.69) is 0 Å². The maximum atomic E-state index is 11.0. The Morgan fingerprint density at radius 3 is 2.44 bits per heavy atom. The number of hydrogen-bond donors (Lipinski definition) is 2. The third kappa shape index (κ3) is 2.38. The number of anilines is 1. The van der Waals surface area contributed by atoms with Crippen molar-refractivity contribution in [2.24, 2.45) is 0 Å². The van der Waals surface area contributed by atoms with Crippen LogP contribution >= 0.6 is 11.6 Å². The highest BCUT2D eigenvalue weighted by molar-refractivity contribution is 6.34. The van der Waals surface area contributed by atoms with Gasteiger partial charge in [0.1, 0.15) is 11.3 Å². The zero-order chi connectivity index (χ0) is 13.1. The molecule has 0 bridgehead atoms. The molecule has 0 saturated heterocycles. The molecule has 0 heterocycles. The number of carboxylic acid groups (broad SMARTS) is 1. The molecule has 4 nitrogen and oxygen atoms in total. The zero-order valence-corrected chi connectivity index (χ0v) is 10.0. The average Bonchev–Trinajstić information content (AvgIpc) is 2.34. The number of halogens is 1. The third-order valence-corrected chi connectivity index (χ3v) is 2.65. The molecular formula is C13H10ClNO3. The number of aromatic carboxylic acids is 1. The van der Waals surface area contributed by atoms with E-state index in [0.29, 0.717) is 5.75 Å². The molecule has 3 N–H and O–H groups in total. The molecule has 18 heavy (non-hydrogen) atoms. The van der Waals surface area contributed by atoms with E-state index < -0.39 is 5.97 Å². The maximum absolute atomic E-state index is 11.0. The maximum Gasteiger partial charge on any atom is 0.339 e. The van der Waals surface area contributed by atoms with Gasteiger partial charge in [0.15, 0.2) is 5.75 Å². The molecule has 0 radical (unpaired) electrons. The van der Waals surface area contributed by atoms with Crippen molar-refractivity contribution in [1.29, 1.82) is 0 Å². The van der Waals surface area contributed by atoms with Crippen LogP contribution in [0.15, 0.2) is 42.5 Å². The first kappa shape index (κ1) is 12.3. The van der Waals surface area contributed by atoms with E-state index in [0.717, 1.165) is 0 Å². The lowest BCUT2D eigenvalue weighted by Crippen LogP contribution is -2.05. The molecule has 0 saturated carbocycles. The topological polar surface area (TPSA) is 72.5 Å². The lowest BCUT2D eigenvalue weighted by atomic mass is 10.1. The van der Waals surface area contributed by atoms with Gasteiger partial charge in [0.2, 0.25) is 0 Å². The predicted octanol–water partition coefficient (Wildman–Crippen LogP) is 3.41. The normalized spacial score (nSPS) is 10.1. The number of nitrogens with two attached hydrogens (primary N) is 1. The molecule has 0 unspecified atom stereocenters. The van der Waals surface area contributed by atoms with Gasteiger partial charge in [-0.2, -0.15) is 0 Å². The van der Waals surface area contributed by atoms with Gasteiger partial charge in [-0.15, -0.1) is 0 Å². The quantitative estimate of drug-likeness (QED) is 0.833. The molecule has 0 fully saturated rings. The van der Waals surface area contributed by atoms with E-state index in [4.69, 9.17) is 27.2 Å². The summed E-state index contributed by atoms with van der Waals surface area (Å²) in [7, 11) is 0. The highest BCUT2D eigenvalue weighted by Crippen LogP contribution is 2.34. The Bertz CT molecular complexity index is 584. The molecule has 0 aliphatic carbocycles. The van der Waals surface area contributed by atoms with Crippen molar-refractivity contribution in [3.63, 3.8) is 0 Å². The number of carbonyl (C=O) groups is 1. The second kappa shape index (κ2) is 4.98. The number of rotatable bonds is 3. The van der Waals surface area contributed by atoms with E-state index in [1.807, 2.05) is 6.07 Å². The summed E-state index contributed by atoms with van der Waals surface area (Å²) in [5.74, 6) is -0.345. The molecule has 0 spiro atoms. The predicted molar refractivity (Wildman–Crippen MR) is 69.3 cm³/mol. The Morgan fingerprint density at radius 1 is 1.17 bits per heavy atom. The van der Waals surface area contributed by atoms with Gasteiger partial charge in [0.25, 0.3) is 0 Å². The van der Waals surface area contributed by atoms with E-state index >= 15 is 0 Å². The van der Waals surface area contributed by atoms with Crippen LogP contribution in [0.2, 0.25) is 5.02 Å². The van der Waals surface area contributed by atoms with E-state index in [1.165, 1.54) is 12.1 Å². The molecule has 0 aliphatic rings. The summed E-state index contributed by atoms with van der Waals surface area (Å²) in [6.45, 7) is 0. The second-order valence-electron chi connectivity index (χ2n) is 3.55. The van der Waals surface area contributed by atoms with Crippen LogP contribution in [0.5, 0.6) is 11.5 Å². The van der Waals surface area contributed by atoms with Crippen LogP contribution in [0.3, 0.4) is 0 Å². The van der Waals surface area contributed by atoms with Crippen LogP contribution in [0.1, 0.15) is 10.4 Å². The van der Waals surface area contributed by atoms with E-state index in [-0.39, 0.29) is 22.0 Å². The molecule has 2 aromatic carbocycles. The van der Waals surface area contributed by atoms with Gasteiger partial charge in [0, 0.05) is 0 Å². The van der Waals surface area contributed by atoms with Gasteiger partial charge in [-0.3, -0.25) is 0 Å². The minimum absolute atomic E-state index is 0.0128. The second-order valence-corrected chi connectivity index (χ2v) is 3.96. The molecule has 0 amide bonds. The monoisotopic (exact) mass is 263 g/mol. The van der Waals surface area contributed by atoms with Crippen LogP contribution in [0.25, 0.3) is 0 Å². The van der Waals surface area contributed by atoms with E-state index in [1.54, 1.807) is 24.3 Å². The fraction of sp³-hybridized carbons (Fsp3) is 0. The first-order valence-corrected chi connectivity index (χ1v) is 5.51. The van der Waals surface area contributed by atoms with Gasteiger partial charge in [-0.25, -0.2) is 4.79 Å². The number of nitrogen functional groups attached to an aromatic ring is 1. The van der Waals surface area contributed by atoms with Gasteiger partial charge < -0.3 is 15.6 Å². The summed E-state index contributed by atoms with van der Waals surface area (Å²) < 4.78 is 5.51. The minimum atomic E-state index is -1.18. The number of hydrogen-bond acceptors (Lipinski definition) is 3.